The van der Waals surface area contributed by atoms with Crippen molar-refractivity contribution >= 4 is 0 Å². The maximum Gasteiger partial charge on any atom is 0.115 e. The van der Waals surface area contributed by atoms with E-state index in [2.05, 4.69) is 44.2 Å². The van der Waals surface area contributed by atoms with E-state index in [4.69, 9.17) is 4.74 Å². The molecule has 0 saturated heterocycles. The van der Waals surface area contributed by atoms with E-state index < -0.39 is 0 Å². The number of allylic oxidation sites excluding steroid dienone is 4. The molecule has 0 N–H and O–H groups in total. The molecule has 0 heterocycles. The first kappa shape index (κ1) is 13.5. The fourth-order valence-corrected chi connectivity index (χ4v) is 2.72. The second-order valence-electron chi connectivity index (χ2n) is 6.12. The first-order valence-electron chi connectivity index (χ1n) is 7.38. The van der Waals surface area contributed by atoms with Crippen molar-refractivity contribution in [3.05, 3.63) is 36.1 Å². The van der Waals surface area contributed by atoms with Gasteiger partial charge in [-0.15, -0.1) is 0 Å². The van der Waals surface area contributed by atoms with Crippen LogP contribution in [0.4, 0.5) is 0 Å². The first-order valence-corrected chi connectivity index (χ1v) is 7.38. The fraction of sp³-hybridized carbons (Fsp3) is 0.647. The predicted octanol–water partition coefficient (Wildman–Crippen LogP) is 5.15. The highest BCUT2D eigenvalue weighted by Gasteiger charge is 2.19. The van der Waals surface area contributed by atoms with E-state index in [1.807, 2.05) is 0 Å². The molecule has 0 radical (unpaired) electrons. The van der Waals surface area contributed by atoms with Crippen molar-refractivity contribution in [2.45, 2.75) is 64.4 Å². The molecule has 1 fully saturated rings. The van der Waals surface area contributed by atoms with Crippen LogP contribution in [0.5, 0.6) is 0 Å². The van der Waals surface area contributed by atoms with E-state index in [1.165, 1.54) is 25.7 Å². The lowest BCUT2D eigenvalue weighted by atomic mass is 10.0. The van der Waals surface area contributed by atoms with Crippen molar-refractivity contribution in [3.63, 3.8) is 0 Å². The molecule has 2 aliphatic carbocycles. The summed E-state index contributed by atoms with van der Waals surface area (Å²) in [7, 11) is 0. The molecule has 0 aliphatic heterocycles. The summed E-state index contributed by atoms with van der Waals surface area (Å²) in [6, 6.07) is 0. The van der Waals surface area contributed by atoms with Gasteiger partial charge in [-0.05, 0) is 57.6 Å². The Morgan fingerprint density at radius 2 is 2.06 bits per heavy atom. The van der Waals surface area contributed by atoms with Gasteiger partial charge in [-0.2, -0.15) is 0 Å². The lowest BCUT2D eigenvalue weighted by molar-refractivity contribution is 0.0439. The maximum atomic E-state index is 6.07. The summed E-state index contributed by atoms with van der Waals surface area (Å²) < 4.78 is 6.07. The zero-order valence-electron chi connectivity index (χ0n) is 11.8. The van der Waals surface area contributed by atoms with Gasteiger partial charge in [0.25, 0.3) is 0 Å². The molecule has 0 atom stereocenters. The highest BCUT2D eigenvalue weighted by Crippen LogP contribution is 2.27. The SMILES string of the molecule is CC(C)(C/C=C/C1CCCC1)OC1=CCCC=C1. The Bertz CT molecular complexity index is 341. The van der Waals surface area contributed by atoms with Crippen molar-refractivity contribution in [1.29, 1.82) is 0 Å². The van der Waals surface area contributed by atoms with Crippen LogP contribution in [0.2, 0.25) is 0 Å². The Morgan fingerprint density at radius 1 is 1.28 bits per heavy atom. The second-order valence-corrected chi connectivity index (χ2v) is 6.12. The monoisotopic (exact) mass is 246 g/mol. The van der Waals surface area contributed by atoms with Gasteiger partial charge < -0.3 is 4.74 Å². The maximum absolute atomic E-state index is 6.07. The molecule has 0 aromatic rings. The predicted molar refractivity (Wildman–Crippen MR) is 77.3 cm³/mol. The molecule has 2 rings (SSSR count). The third-order valence-corrected chi connectivity index (χ3v) is 3.77. The molecule has 0 bridgehead atoms. The summed E-state index contributed by atoms with van der Waals surface area (Å²) >= 11 is 0. The van der Waals surface area contributed by atoms with E-state index in [0.717, 1.165) is 30.9 Å². The van der Waals surface area contributed by atoms with E-state index >= 15 is 0 Å². The topological polar surface area (TPSA) is 9.23 Å². The molecule has 1 heteroatoms. The van der Waals surface area contributed by atoms with Gasteiger partial charge in [0, 0.05) is 6.42 Å². The minimum absolute atomic E-state index is 0.0946. The smallest absolute Gasteiger partial charge is 0.115 e. The summed E-state index contributed by atoms with van der Waals surface area (Å²) in [5.41, 5.74) is -0.0946. The van der Waals surface area contributed by atoms with Crippen molar-refractivity contribution in [3.8, 4) is 0 Å². The Hall–Kier alpha value is -0.980. The van der Waals surface area contributed by atoms with E-state index in [9.17, 15) is 0 Å². The molecule has 0 unspecified atom stereocenters. The minimum Gasteiger partial charge on any atom is -0.488 e. The van der Waals surface area contributed by atoms with Crippen LogP contribution in [-0.4, -0.2) is 5.60 Å². The molecule has 0 aromatic carbocycles. The van der Waals surface area contributed by atoms with Gasteiger partial charge in [-0.1, -0.05) is 31.1 Å². The van der Waals surface area contributed by atoms with E-state index in [0.29, 0.717) is 0 Å². The normalized spacial score (nSPS) is 21.6. The molecule has 0 amide bonds. The zero-order valence-corrected chi connectivity index (χ0v) is 11.8. The van der Waals surface area contributed by atoms with E-state index in [1.54, 1.807) is 0 Å². The van der Waals surface area contributed by atoms with Gasteiger partial charge >= 0.3 is 0 Å². The lowest BCUT2D eigenvalue weighted by Gasteiger charge is -2.26. The van der Waals surface area contributed by atoms with Crippen LogP contribution >= 0.6 is 0 Å². The first-order chi connectivity index (χ1) is 8.66. The van der Waals surface area contributed by atoms with Gasteiger partial charge in [-0.25, -0.2) is 0 Å². The van der Waals surface area contributed by atoms with Crippen molar-refractivity contribution < 1.29 is 4.74 Å². The van der Waals surface area contributed by atoms with Crippen LogP contribution in [-0.2, 0) is 4.74 Å². The molecule has 0 spiro atoms. The van der Waals surface area contributed by atoms with Crippen LogP contribution in [0.3, 0.4) is 0 Å². The van der Waals surface area contributed by atoms with Crippen LogP contribution in [0.25, 0.3) is 0 Å². The van der Waals surface area contributed by atoms with Gasteiger partial charge in [-0.3, -0.25) is 0 Å². The quantitative estimate of drug-likeness (QED) is 0.609. The fourth-order valence-electron chi connectivity index (χ4n) is 2.72. The van der Waals surface area contributed by atoms with Gasteiger partial charge in [0.05, 0.1) is 0 Å². The number of rotatable bonds is 5. The largest absolute Gasteiger partial charge is 0.488 e. The molecular formula is C17H26O. The Kier molecular flexibility index (Phi) is 4.68. The lowest BCUT2D eigenvalue weighted by Crippen LogP contribution is -2.23. The second kappa shape index (κ2) is 6.26. The number of ether oxygens (including phenoxy) is 1. The Morgan fingerprint density at radius 3 is 2.72 bits per heavy atom. The van der Waals surface area contributed by atoms with Crippen LogP contribution in [0, 0.1) is 5.92 Å². The van der Waals surface area contributed by atoms with Crippen molar-refractivity contribution in [2.75, 3.05) is 0 Å². The van der Waals surface area contributed by atoms with E-state index in [-0.39, 0.29) is 5.60 Å². The average Bonchev–Trinajstić information content (AvgIpc) is 2.82. The molecule has 1 nitrogen and oxygen atoms in total. The molecule has 1 saturated carbocycles. The van der Waals surface area contributed by atoms with Crippen LogP contribution in [0.15, 0.2) is 36.1 Å². The Balaban J connectivity index is 1.79. The molecular weight excluding hydrogens is 220 g/mol. The van der Waals surface area contributed by atoms with Gasteiger partial charge in [0.15, 0.2) is 0 Å². The average molecular weight is 246 g/mol. The number of hydrogen-bond acceptors (Lipinski definition) is 1. The van der Waals surface area contributed by atoms with Crippen molar-refractivity contribution in [2.24, 2.45) is 5.92 Å². The van der Waals surface area contributed by atoms with Crippen LogP contribution < -0.4 is 0 Å². The number of hydrogen-bond donors (Lipinski definition) is 0. The minimum atomic E-state index is -0.0946. The highest BCUT2D eigenvalue weighted by atomic mass is 16.5. The summed E-state index contributed by atoms with van der Waals surface area (Å²) in [5.74, 6) is 1.87. The third kappa shape index (κ3) is 4.36. The molecule has 0 aromatic heterocycles. The summed E-state index contributed by atoms with van der Waals surface area (Å²) in [6.45, 7) is 4.35. The third-order valence-electron chi connectivity index (χ3n) is 3.77. The van der Waals surface area contributed by atoms with Crippen molar-refractivity contribution in [1.82, 2.24) is 0 Å². The summed E-state index contributed by atoms with van der Waals surface area (Å²) in [4.78, 5) is 0. The van der Waals surface area contributed by atoms with Gasteiger partial charge in [0.2, 0.25) is 0 Å². The molecule has 18 heavy (non-hydrogen) atoms. The Labute approximate surface area is 112 Å². The zero-order chi connectivity index (χ0) is 12.8. The molecule has 2 aliphatic rings. The summed E-state index contributed by atoms with van der Waals surface area (Å²) in [5, 5.41) is 0. The highest BCUT2D eigenvalue weighted by molar-refractivity contribution is 5.17. The molecule has 100 valence electrons. The van der Waals surface area contributed by atoms with Crippen LogP contribution in [0.1, 0.15) is 58.8 Å². The summed E-state index contributed by atoms with van der Waals surface area (Å²) in [6.07, 6.45) is 20.1. The van der Waals surface area contributed by atoms with Gasteiger partial charge in [0.1, 0.15) is 11.4 Å². The standard InChI is InChI=1S/C17H26O/c1-17(2,18-16-12-4-3-5-13-16)14-8-11-15-9-6-7-10-15/h4,8,11-13,15H,3,5-7,9-10,14H2,1-2H3/b11-8+.